The van der Waals surface area contributed by atoms with E-state index in [1.54, 1.807) is 0 Å². The van der Waals surface area contributed by atoms with Gasteiger partial charge in [0.25, 0.3) is 0 Å². The lowest BCUT2D eigenvalue weighted by atomic mass is 9.79. The highest BCUT2D eigenvalue weighted by Gasteiger charge is 2.51. The number of hydrogen-bond donors (Lipinski definition) is 1. The largest absolute Gasteiger partial charge is 0.395 e. The van der Waals surface area contributed by atoms with Gasteiger partial charge in [-0.05, 0) is 48.9 Å². The second-order valence-electron chi connectivity index (χ2n) is 8.96. The zero-order valence-electron chi connectivity index (χ0n) is 18.0. The van der Waals surface area contributed by atoms with Crippen LogP contribution >= 0.6 is 0 Å². The smallest absolute Gasteiger partial charge is 0.143 e. The van der Waals surface area contributed by atoms with Crippen LogP contribution in [0, 0.1) is 0 Å². The molecule has 0 saturated carbocycles. The van der Waals surface area contributed by atoms with Crippen LogP contribution in [-0.2, 0) is 10.3 Å². The minimum Gasteiger partial charge on any atom is -0.395 e. The fourth-order valence-electron chi connectivity index (χ4n) is 5.82. The molecule has 5 rings (SSSR count). The van der Waals surface area contributed by atoms with E-state index < -0.39 is 5.60 Å². The Bertz CT molecular complexity index is 879. The number of benzene rings is 3. The molecule has 2 aliphatic heterocycles. The van der Waals surface area contributed by atoms with Gasteiger partial charge in [-0.15, -0.1) is 0 Å². The predicted molar refractivity (Wildman–Crippen MR) is 124 cm³/mol. The van der Waals surface area contributed by atoms with Crippen LogP contribution in [0.4, 0.5) is 0 Å². The molecular formula is C28H31NO2. The van der Waals surface area contributed by atoms with Crippen molar-refractivity contribution in [2.75, 3.05) is 19.8 Å². The van der Waals surface area contributed by atoms with Gasteiger partial charge in [0.15, 0.2) is 0 Å². The molecule has 31 heavy (non-hydrogen) atoms. The van der Waals surface area contributed by atoms with Crippen molar-refractivity contribution < 1.29 is 9.84 Å². The summed E-state index contributed by atoms with van der Waals surface area (Å²) in [4.78, 5) is 2.53. The van der Waals surface area contributed by atoms with E-state index in [-0.39, 0.29) is 18.2 Å². The first-order valence-corrected chi connectivity index (χ1v) is 11.5. The molecule has 0 spiro atoms. The summed E-state index contributed by atoms with van der Waals surface area (Å²) < 4.78 is 7.15. The Hall–Kier alpha value is -2.46. The van der Waals surface area contributed by atoms with E-state index in [2.05, 4.69) is 95.9 Å². The van der Waals surface area contributed by atoms with Crippen LogP contribution in [0.25, 0.3) is 0 Å². The number of hydrogen-bond acceptors (Lipinski definition) is 3. The molecule has 0 unspecified atom stereocenters. The minimum atomic E-state index is -0.676. The quantitative estimate of drug-likeness (QED) is 0.554. The van der Waals surface area contributed by atoms with Gasteiger partial charge >= 0.3 is 0 Å². The maximum Gasteiger partial charge on any atom is 0.143 e. The topological polar surface area (TPSA) is 32.7 Å². The van der Waals surface area contributed by atoms with E-state index in [9.17, 15) is 5.11 Å². The normalized spacial score (nSPS) is 23.7. The first-order chi connectivity index (χ1) is 15.3. The van der Waals surface area contributed by atoms with E-state index >= 15 is 0 Å². The molecule has 2 saturated heterocycles. The lowest BCUT2D eigenvalue weighted by Gasteiger charge is -2.41. The second-order valence-corrected chi connectivity index (χ2v) is 8.96. The van der Waals surface area contributed by atoms with Gasteiger partial charge in [0.1, 0.15) is 5.60 Å². The van der Waals surface area contributed by atoms with Crippen LogP contribution in [-0.4, -0.2) is 41.3 Å². The fourth-order valence-corrected chi connectivity index (χ4v) is 5.82. The molecule has 160 valence electrons. The van der Waals surface area contributed by atoms with E-state index in [1.165, 1.54) is 6.42 Å². The third-order valence-electron chi connectivity index (χ3n) is 7.34. The van der Waals surface area contributed by atoms with Crippen LogP contribution in [0.5, 0.6) is 0 Å². The predicted octanol–water partition coefficient (Wildman–Crippen LogP) is 4.98. The van der Waals surface area contributed by atoms with Crippen molar-refractivity contribution in [2.45, 2.75) is 42.9 Å². The summed E-state index contributed by atoms with van der Waals surface area (Å²) in [6.45, 7) is 1.95. The third-order valence-corrected chi connectivity index (χ3v) is 7.34. The van der Waals surface area contributed by atoms with Crippen LogP contribution in [0.2, 0.25) is 0 Å². The molecule has 0 aliphatic carbocycles. The molecule has 3 heteroatoms. The summed E-state index contributed by atoms with van der Waals surface area (Å²) >= 11 is 0. The summed E-state index contributed by atoms with van der Waals surface area (Å²) in [6, 6.07) is 32.1. The van der Waals surface area contributed by atoms with Crippen LogP contribution in [0.1, 0.15) is 42.4 Å². The highest BCUT2D eigenvalue weighted by Crippen LogP contribution is 2.46. The molecule has 0 radical (unpaired) electrons. The highest BCUT2D eigenvalue weighted by molar-refractivity contribution is 5.47. The molecular weight excluding hydrogens is 382 g/mol. The number of ether oxygens (including phenoxy) is 1. The average Bonchev–Trinajstić information content (AvgIpc) is 3.41. The summed E-state index contributed by atoms with van der Waals surface area (Å²) in [5.41, 5.74) is 2.78. The fraction of sp³-hybridized carbons (Fsp3) is 0.357. The molecule has 2 atom stereocenters. The van der Waals surface area contributed by atoms with Gasteiger partial charge in [0.2, 0.25) is 0 Å². The standard InChI is InChI=1S/C28H31NO2/c30-21-26-17-19-27(18-10-20-29(26)27)22-31-28(23-11-4-1-5-12-23,24-13-6-2-7-14-24)25-15-8-3-9-16-25/h1-9,11-16,26,30H,10,17-22H2/t26-,27+/m1/s1. The zero-order valence-corrected chi connectivity index (χ0v) is 18.0. The van der Waals surface area contributed by atoms with Gasteiger partial charge in [0, 0.05) is 11.6 Å². The zero-order chi connectivity index (χ0) is 21.2. The number of aliphatic hydroxyl groups is 1. The molecule has 1 N–H and O–H groups in total. The number of fused-ring (bicyclic) bond motifs is 1. The van der Waals surface area contributed by atoms with E-state index in [1.807, 2.05) is 0 Å². The summed E-state index contributed by atoms with van der Waals surface area (Å²) in [5.74, 6) is 0. The number of nitrogens with zero attached hydrogens (tertiary/aromatic N) is 1. The molecule has 3 aromatic rings. The van der Waals surface area contributed by atoms with Gasteiger partial charge in [-0.2, -0.15) is 0 Å². The Kier molecular flexibility index (Phi) is 5.66. The average molecular weight is 414 g/mol. The second kappa shape index (κ2) is 8.58. The maximum atomic E-state index is 9.91. The van der Waals surface area contributed by atoms with Gasteiger partial charge in [-0.25, -0.2) is 0 Å². The van der Waals surface area contributed by atoms with Crippen molar-refractivity contribution in [2.24, 2.45) is 0 Å². The van der Waals surface area contributed by atoms with Crippen molar-refractivity contribution in [1.82, 2.24) is 4.90 Å². The van der Waals surface area contributed by atoms with Crippen LogP contribution < -0.4 is 0 Å². The van der Waals surface area contributed by atoms with Crippen LogP contribution in [0.15, 0.2) is 91.0 Å². The first-order valence-electron chi connectivity index (χ1n) is 11.5. The van der Waals surface area contributed by atoms with E-state index in [0.717, 1.165) is 42.5 Å². The number of aliphatic hydroxyl groups excluding tert-OH is 1. The highest BCUT2D eigenvalue weighted by atomic mass is 16.5. The molecule has 3 nitrogen and oxygen atoms in total. The lowest BCUT2D eigenvalue weighted by Crippen LogP contribution is -2.49. The van der Waals surface area contributed by atoms with Crippen molar-refractivity contribution in [1.29, 1.82) is 0 Å². The first kappa shape index (κ1) is 20.4. The number of rotatable bonds is 7. The van der Waals surface area contributed by atoms with Gasteiger partial charge < -0.3 is 9.84 Å². The monoisotopic (exact) mass is 413 g/mol. The SMILES string of the molecule is OC[C@H]1CC[C@]2(COC(c3ccccc3)(c3ccccc3)c3ccccc3)CCCN12. The summed E-state index contributed by atoms with van der Waals surface area (Å²) in [5, 5.41) is 9.91. The molecule has 2 heterocycles. The van der Waals surface area contributed by atoms with Gasteiger partial charge in [-0.3, -0.25) is 4.90 Å². The Morgan fingerprint density at radius 1 is 0.806 bits per heavy atom. The molecule has 0 amide bonds. The molecule has 0 aromatic heterocycles. The Morgan fingerprint density at radius 3 is 1.81 bits per heavy atom. The Labute approximate surface area is 185 Å². The molecule has 3 aromatic carbocycles. The van der Waals surface area contributed by atoms with Crippen molar-refractivity contribution in [3.63, 3.8) is 0 Å². The maximum absolute atomic E-state index is 9.91. The summed E-state index contributed by atoms with van der Waals surface area (Å²) in [6.07, 6.45) is 4.45. The lowest BCUT2D eigenvalue weighted by molar-refractivity contribution is -0.0492. The van der Waals surface area contributed by atoms with Crippen LogP contribution in [0.3, 0.4) is 0 Å². The van der Waals surface area contributed by atoms with Gasteiger partial charge in [0.05, 0.1) is 13.2 Å². The molecule has 2 fully saturated rings. The Balaban J connectivity index is 1.61. The third kappa shape index (κ3) is 3.51. The van der Waals surface area contributed by atoms with Crippen molar-refractivity contribution in [3.8, 4) is 0 Å². The van der Waals surface area contributed by atoms with E-state index in [4.69, 9.17) is 4.74 Å². The van der Waals surface area contributed by atoms with E-state index in [0.29, 0.717) is 6.61 Å². The van der Waals surface area contributed by atoms with Gasteiger partial charge in [-0.1, -0.05) is 91.0 Å². The van der Waals surface area contributed by atoms with Crippen molar-refractivity contribution in [3.05, 3.63) is 108 Å². The molecule has 0 bridgehead atoms. The summed E-state index contributed by atoms with van der Waals surface area (Å²) in [7, 11) is 0. The molecule has 2 aliphatic rings. The van der Waals surface area contributed by atoms with Crippen molar-refractivity contribution >= 4 is 0 Å². The Morgan fingerprint density at radius 2 is 1.32 bits per heavy atom. The minimum absolute atomic E-state index is 0.0248.